The van der Waals surface area contributed by atoms with Crippen LogP contribution < -0.4 is 10.2 Å². The normalized spacial score (nSPS) is 16.1. The van der Waals surface area contributed by atoms with Gasteiger partial charge >= 0.3 is 0 Å². The summed E-state index contributed by atoms with van der Waals surface area (Å²) in [5, 5.41) is 4.96. The molecule has 6 heteroatoms. The lowest BCUT2D eigenvalue weighted by molar-refractivity contribution is 0.104. The standard InChI is InChI=1S/C22H20Cl2N2OS/c1-14-13-22(2,3)25-21(28)26(14)18-6-4-5-16(11-18)20(27)10-8-15-7-9-17(23)12-19(15)24/h4-13H,1-3H3,(H,25,28)/b10-8-. The van der Waals surface area contributed by atoms with Gasteiger partial charge in [-0.15, -0.1) is 0 Å². The Bertz CT molecular complexity index is 1010. The van der Waals surface area contributed by atoms with Crippen LogP contribution in [-0.2, 0) is 0 Å². The topological polar surface area (TPSA) is 32.3 Å². The number of nitrogens with zero attached hydrogens (tertiary/aromatic N) is 1. The molecule has 0 radical (unpaired) electrons. The van der Waals surface area contributed by atoms with Crippen LogP contribution in [-0.4, -0.2) is 16.4 Å². The number of allylic oxidation sites excluding steroid dienone is 2. The summed E-state index contributed by atoms with van der Waals surface area (Å²) in [6.45, 7) is 6.13. The van der Waals surface area contributed by atoms with Gasteiger partial charge < -0.3 is 5.32 Å². The first-order valence-corrected chi connectivity index (χ1v) is 9.92. The number of anilines is 1. The van der Waals surface area contributed by atoms with Crippen molar-refractivity contribution in [1.82, 2.24) is 5.32 Å². The number of hydrogen-bond donors (Lipinski definition) is 1. The van der Waals surface area contributed by atoms with Crippen LogP contribution in [0.15, 0.2) is 60.3 Å². The number of carbonyl (C=O) groups is 1. The highest BCUT2D eigenvalue weighted by Crippen LogP contribution is 2.27. The van der Waals surface area contributed by atoms with Gasteiger partial charge in [-0.2, -0.15) is 0 Å². The maximum atomic E-state index is 12.7. The predicted molar refractivity (Wildman–Crippen MR) is 122 cm³/mol. The van der Waals surface area contributed by atoms with E-state index >= 15 is 0 Å². The Labute approximate surface area is 180 Å². The molecule has 1 aliphatic heterocycles. The fourth-order valence-corrected chi connectivity index (χ4v) is 4.12. The van der Waals surface area contributed by atoms with E-state index in [-0.39, 0.29) is 11.3 Å². The highest BCUT2D eigenvalue weighted by atomic mass is 35.5. The van der Waals surface area contributed by atoms with Crippen molar-refractivity contribution in [2.45, 2.75) is 26.3 Å². The minimum absolute atomic E-state index is 0.120. The Morgan fingerprint density at radius 3 is 2.61 bits per heavy atom. The number of halogens is 2. The summed E-state index contributed by atoms with van der Waals surface area (Å²) < 4.78 is 0. The van der Waals surface area contributed by atoms with Crippen LogP contribution in [0.2, 0.25) is 10.0 Å². The Morgan fingerprint density at radius 1 is 1.18 bits per heavy atom. The maximum Gasteiger partial charge on any atom is 0.185 e. The number of thiocarbonyl (C=S) groups is 1. The number of carbonyl (C=O) groups excluding carboxylic acids is 1. The fraction of sp³-hybridized carbons (Fsp3) is 0.182. The molecule has 0 atom stereocenters. The molecular formula is C22H20Cl2N2OS. The molecule has 1 N–H and O–H groups in total. The van der Waals surface area contributed by atoms with Crippen molar-refractivity contribution in [1.29, 1.82) is 0 Å². The summed E-state index contributed by atoms with van der Waals surface area (Å²) in [4.78, 5) is 14.6. The quantitative estimate of drug-likeness (QED) is 0.352. The molecule has 0 saturated heterocycles. The van der Waals surface area contributed by atoms with Gasteiger partial charge in [0.2, 0.25) is 0 Å². The van der Waals surface area contributed by atoms with Crippen LogP contribution in [0.1, 0.15) is 36.7 Å². The molecule has 144 valence electrons. The second-order valence-corrected chi connectivity index (χ2v) is 8.42. The van der Waals surface area contributed by atoms with Crippen molar-refractivity contribution >= 4 is 58.1 Å². The second-order valence-electron chi connectivity index (χ2n) is 7.19. The molecule has 28 heavy (non-hydrogen) atoms. The number of benzene rings is 2. The molecule has 0 aliphatic carbocycles. The SMILES string of the molecule is CC1=CC(C)(C)NC(=S)N1c1cccc(C(=O)/C=C\c2ccc(Cl)cc2Cl)c1. The summed E-state index contributed by atoms with van der Waals surface area (Å²) >= 11 is 17.6. The molecule has 0 fully saturated rings. The number of rotatable bonds is 4. The van der Waals surface area contributed by atoms with Crippen LogP contribution in [0.3, 0.4) is 0 Å². The summed E-state index contributed by atoms with van der Waals surface area (Å²) in [6.07, 6.45) is 5.31. The summed E-state index contributed by atoms with van der Waals surface area (Å²) in [6, 6.07) is 12.6. The van der Waals surface area contributed by atoms with Crippen molar-refractivity contribution in [3.8, 4) is 0 Å². The lowest BCUT2D eigenvalue weighted by Gasteiger charge is -2.38. The minimum Gasteiger partial charge on any atom is -0.354 e. The van der Waals surface area contributed by atoms with Crippen LogP contribution in [0, 0.1) is 0 Å². The Morgan fingerprint density at radius 2 is 1.93 bits per heavy atom. The van der Waals surface area contributed by atoms with E-state index in [1.807, 2.05) is 30.0 Å². The highest BCUT2D eigenvalue weighted by molar-refractivity contribution is 7.80. The van der Waals surface area contributed by atoms with Gasteiger partial charge in [-0.05, 0) is 81.0 Å². The second kappa shape index (κ2) is 8.08. The molecule has 2 aromatic rings. The molecule has 3 nitrogen and oxygen atoms in total. The molecule has 0 saturated carbocycles. The van der Waals surface area contributed by atoms with E-state index in [0.29, 0.717) is 20.7 Å². The van der Waals surface area contributed by atoms with Crippen LogP contribution in [0.25, 0.3) is 6.08 Å². The third kappa shape index (κ3) is 4.64. The third-order valence-corrected chi connectivity index (χ3v) is 5.17. The van der Waals surface area contributed by atoms with Gasteiger partial charge in [0.15, 0.2) is 10.9 Å². The average Bonchev–Trinajstić information content (AvgIpc) is 2.59. The minimum atomic E-state index is -0.203. The van der Waals surface area contributed by atoms with E-state index in [4.69, 9.17) is 35.4 Å². The smallest absolute Gasteiger partial charge is 0.185 e. The van der Waals surface area contributed by atoms with Gasteiger partial charge in [0.1, 0.15) is 0 Å². The van der Waals surface area contributed by atoms with E-state index < -0.39 is 0 Å². The van der Waals surface area contributed by atoms with Gasteiger partial charge in [0.25, 0.3) is 0 Å². The summed E-state index contributed by atoms with van der Waals surface area (Å²) in [7, 11) is 0. The van der Waals surface area contributed by atoms with Gasteiger partial charge in [-0.1, -0.05) is 41.4 Å². The molecule has 0 bridgehead atoms. The average molecular weight is 431 g/mol. The molecular weight excluding hydrogens is 411 g/mol. The monoisotopic (exact) mass is 430 g/mol. The highest BCUT2D eigenvalue weighted by Gasteiger charge is 2.27. The zero-order valence-electron chi connectivity index (χ0n) is 15.8. The van der Waals surface area contributed by atoms with E-state index in [1.165, 1.54) is 6.08 Å². The van der Waals surface area contributed by atoms with Gasteiger partial charge in [-0.25, -0.2) is 0 Å². The molecule has 1 aliphatic rings. The van der Waals surface area contributed by atoms with E-state index in [2.05, 4.69) is 25.2 Å². The van der Waals surface area contributed by atoms with Gasteiger partial charge in [-0.3, -0.25) is 9.69 Å². The van der Waals surface area contributed by atoms with E-state index in [9.17, 15) is 4.79 Å². The summed E-state index contributed by atoms with van der Waals surface area (Å²) in [5.74, 6) is -0.120. The first kappa shape index (κ1) is 20.6. The first-order chi connectivity index (χ1) is 13.2. The number of ketones is 1. The molecule has 2 aromatic carbocycles. The molecule has 0 aromatic heterocycles. The Balaban J connectivity index is 1.86. The lowest BCUT2D eigenvalue weighted by Crippen LogP contribution is -2.53. The van der Waals surface area contributed by atoms with Crippen molar-refractivity contribution in [2.75, 3.05) is 4.90 Å². The zero-order valence-corrected chi connectivity index (χ0v) is 18.1. The van der Waals surface area contributed by atoms with Crippen molar-refractivity contribution in [2.24, 2.45) is 0 Å². The molecule has 1 heterocycles. The van der Waals surface area contributed by atoms with Crippen LogP contribution >= 0.6 is 35.4 Å². The number of hydrogen-bond acceptors (Lipinski definition) is 2. The van der Waals surface area contributed by atoms with Gasteiger partial charge in [0, 0.05) is 27.0 Å². The van der Waals surface area contributed by atoms with Crippen molar-refractivity contribution < 1.29 is 4.79 Å². The predicted octanol–water partition coefficient (Wildman–Crippen LogP) is 6.27. The Kier molecular flexibility index (Phi) is 5.94. The first-order valence-electron chi connectivity index (χ1n) is 8.75. The van der Waals surface area contributed by atoms with Crippen molar-refractivity contribution in [3.05, 3.63) is 81.5 Å². The van der Waals surface area contributed by atoms with E-state index in [1.54, 1.807) is 30.3 Å². The molecule has 0 amide bonds. The largest absolute Gasteiger partial charge is 0.354 e. The maximum absolute atomic E-state index is 12.7. The third-order valence-electron chi connectivity index (χ3n) is 4.32. The Hall–Kier alpha value is -2.14. The fourth-order valence-electron chi connectivity index (χ4n) is 3.13. The van der Waals surface area contributed by atoms with Crippen LogP contribution in [0.4, 0.5) is 5.69 Å². The molecule has 3 rings (SSSR count). The van der Waals surface area contributed by atoms with Gasteiger partial charge in [0.05, 0.1) is 5.54 Å². The van der Waals surface area contributed by atoms with Crippen molar-refractivity contribution in [3.63, 3.8) is 0 Å². The molecule has 0 unspecified atom stereocenters. The molecule has 0 spiro atoms. The van der Waals surface area contributed by atoms with E-state index in [0.717, 1.165) is 16.9 Å². The number of nitrogens with one attached hydrogen (secondary N) is 1. The van der Waals surface area contributed by atoms with Crippen LogP contribution in [0.5, 0.6) is 0 Å². The zero-order chi connectivity index (χ0) is 20.5. The lowest BCUT2D eigenvalue weighted by atomic mass is 10.0. The summed E-state index contributed by atoms with van der Waals surface area (Å²) in [5.41, 5.74) is 2.95.